The molecule has 0 saturated carbocycles. The fourth-order valence-corrected chi connectivity index (χ4v) is 3.18. The van der Waals surface area contributed by atoms with Crippen LogP contribution in [0.1, 0.15) is 18.9 Å². The minimum atomic E-state index is -0.595. The van der Waals surface area contributed by atoms with Crippen LogP contribution in [-0.2, 0) is 11.3 Å². The van der Waals surface area contributed by atoms with Crippen molar-refractivity contribution in [1.82, 2.24) is 14.9 Å². The highest BCUT2D eigenvalue weighted by atomic mass is 16.6. The maximum absolute atomic E-state index is 10.8. The third kappa shape index (κ3) is 4.89. The third-order valence-corrected chi connectivity index (χ3v) is 4.62. The molecule has 2 unspecified atom stereocenters. The van der Waals surface area contributed by atoms with Crippen LogP contribution in [0.15, 0.2) is 36.5 Å². The van der Waals surface area contributed by atoms with Gasteiger partial charge in [0.05, 0.1) is 23.7 Å². The van der Waals surface area contributed by atoms with Gasteiger partial charge in [0, 0.05) is 19.6 Å². The number of aromatic nitrogens is 2. The summed E-state index contributed by atoms with van der Waals surface area (Å²) in [6.45, 7) is 5.23. The topological polar surface area (TPSA) is 119 Å². The SMILES string of the molecule is CCC(Nc1ncc([N+](=O)[O-])c(N)n1)C1CN(Cc2ccccc2)CCO1. The summed E-state index contributed by atoms with van der Waals surface area (Å²) in [7, 11) is 0. The van der Waals surface area contributed by atoms with Gasteiger partial charge in [0.25, 0.3) is 0 Å². The zero-order chi connectivity index (χ0) is 19.2. The van der Waals surface area contributed by atoms with Gasteiger partial charge in [-0.25, -0.2) is 4.98 Å². The molecule has 2 aromatic rings. The minimum absolute atomic E-state index is 0.0237. The summed E-state index contributed by atoms with van der Waals surface area (Å²) in [5.41, 5.74) is 6.63. The maximum atomic E-state index is 10.8. The van der Waals surface area contributed by atoms with E-state index in [2.05, 4.69) is 32.3 Å². The fraction of sp³-hybridized carbons (Fsp3) is 0.444. The van der Waals surface area contributed by atoms with Crippen LogP contribution in [0.4, 0.5) is 17.5 Å². The maximum Gasteiger partial charge on any atom is 0.329 e. The molecule has 1 aliphatic heterocycles. The molecule has 144 valence electrons. The highest BCUT2D eigenvalue weighted by Crippen LogP contribution is 2.21. The number of morpholine rings is 1. The Balaban J connectivity index is 1.64. The van der Waals surface area contributed by atoms with Crippen molar-refractivity contribution in [3.8, 4) is 0 Å². The molecular formula is C18H24N6O3. The molecule has 3 rings (SSSR count). The number of hydrogen-bond acceptors (Lipinski definition) is 8. The van der Waals surface area contributed by atoms with Gasteiger partial charge in [-0.1, -0.05) is 37.3 Å². The van der Waals surface area contributed by atoms with Crippen LogP contribution < -0.4 is 11.1 Å². The normalized spacial score (nSPS) is 18.8. The van der Waals surface area contributed by atoms with Gasteiger partial charge in [0.15, 0.2) is 0 Å². The first-order valence-corrected chi connectivity index (χ1v) is 8.98. The number of anilines is 2. The summed E-state index contributed by atoms with van der Waals surface area (Å²) in [5.74, 6) is 0.122. The molecule has 2 heterocycles. The second-order valence-electron chi connectivity index (χ2n) is 6.51. The van der Waals surface area contributed by atoms with Crippen LogP contribution in [0.2, 0.25) is 0 Å². The fourth-order valence-electron chi connectivity index (χ4n) is 3.18. The Labute approximate surface area is 157 Å². The molecule has 1 aliphatic rings. The molecule has 0 spiro atoms. The van der Waals surface area contributed by atoms with E-state index in [0.29, 0.717) is 6.61 Å². The predicted octanol–water partition coefficient (Wildman–Crippen LogP) is 2.06. The van der Waals surface area contributed by atoms with Gasteiger partial charge < -0.3 is 15.8 Å². The number of nitrogen functional groups attached to an aromatic ring is 1. The van der Waals surface area contributed by atoms with Crippen LogP contribution in [0.3, 0.4) is 0 Å². The number of benzene rings is 1. The lowest BCUT2D eigenvalue weighted by molar-refractivity contribution is -0.384. The smallest absolute Gasteiger partial charge is 0.329 e. The molecule has 1 fully saturated rings. The second-order valence-corrected chi connectivity index (χ2v) is 6.51. The monoisotopic (exact) mass is 372 g/mol. The molecule has 1 aromatic carbocycles. The summed E-state index contributed by atoms with van der Waals surface area (Å²) < 4.78 is 5.96. The van der Waals surface area contributed by atoms with Crippen molar-refractivity contribution in [1.29, 1.82) is 0 Å². The highest BCUT2D eigenvalue weighted by Gasteiger charge is 2.28. The van der Waals surface area contributed by atoms with E-state index < -0.39 is 4.92 Å². The Morgan fingerprint density at radius 3 is 2.89 bits per heavy atom. The number of nitro groups is 1. The summed E-state index contributed by atoms with van der Waals surface area (Å²) in [6, 6.07) is 10.3. The van der Waals surface area contributed by atoms with E-state index in [-0.39, 0.29) is 29.6 Å². The van der Waals surface area contributed by atoms with E-state index in [1.54, 1.807) is 0 Å². The van der Waals surface area contributed by atoms with E-state index in [9.17, 15) is 10.1 Å². The van der Waals surface area contributed by atoms with Crippen molar-refractivity contribution in [2.24, 2.45) is 0 Å². The van der Waals surface area contributed by atoms with Gasteiger partial charge in [0.1, 0.15) is 6.20 Å². The predicted molar refractivity (Wildman–Crippen MR) is 102 cm³/mol. The lowest BCUT2D eigenvalue weighted by atomic mass is 10.1. The average Bonchev–Trinajstić information content (AvgIpc) is 2.67. The summed E-state index contributed by atoms with van der Waals surface area (Å²) in [5, 5.41) is 14.1. The van der Waals surface area contributed by atoms with E-state index in [1.165, 1.54) is 5.56 Å². The average molecular weight is 372 g/mol. The molecule has 27 heavy (non-hydrogen) atoms. The van der Waals surface area contributed by atoms with Gasteiger partial charge in [-0.05, 0) is 12.0 Å². The molecule has 3 N–H and O–H groups in total. The molecule has 0 amide bonds. The van der Waals surface area contributed by atoms with Crippen LogP contribution in [-0.4, -0.2) is 51.6 Å². The molecule has 9 heteroatoms. The molecule has 0 bridgehead atoms. The van der Waals surface area contributed by atoms with Crippen molar-refractivity contribution in [2.75, 3.05) is 30.7 Å². The van der Waals surface area contributed by atoms with Crippen molar-refractivity contribution in [3.05, 3.63) is 52.2 Å². The van der Waals surface area contributed by atoms with E-state index >= 15 is 0 Å². The first-order valence-electron chi connectivity index (χ1n) is 8.98. The van der Waals surface area contributed by atoms with Gasteiger partial charge in [-0.3, -0.25) is 15.0 Å². The van der Waals surface area contributed by atoms with Gasteiger partial charge in [-0.2, -0.15) is 4.98 Å². The van der Waals surface area contributed by atoms with Crippen LogP contribution in [0.5, 0.6) is 0 Å². The molecular weight excluding hydrogens is 348 g/mol. The standard InChI is InChI=1S/C18H24N6O3/c1-2-14(21-18-20-10-15(24(25)26)17(19)22-18)16-12-23(8-9-27-16)11-13-6-4-3-5-7-13/h3-7,10,14,16H,2,8-9,11-12H2,1H3,(H3,19,20,21,22). The van der Waals surface area contributed by atoms with Gasteiger partial charge >= 0.3 is 5.69 Å². The lowest BCUT2D eigenvalue weighted by Gasteiger charge is -2.37. The molecule has 1 saturated heterocycles. The highest BCUT2D eigenvalue weighted by molar-refractivity contribution is 5.53. The Morgan fingerprint density at radius 1 is 1.44 bits per heavy atom. The van der Waals surface area contributed by atoms with Crippen LogP contribution in [0.25, 0.3) is 0 Å². The molecule has 0 radical (unpaired) electrons. The third-order valence-electron chi connectivity index (χ3n) is 4.62. The first-order chi connectivity index (χ1) is 13.1. The zero-order valence-electron chi connectivity index (χ0n) is 15.2. The van der Waals surface area contributed by atoms with E-state index in [0.717, 1.165) is 32.3 Å². The number of nitrogens with one attached hydrogen (secondary N) is 1. The molecule has 2 atom stereocenters. The minimum Gasteiger partial charge on any atom is -0.378 e. The summed E-state index contributed by atoms with van der Waals surface area (Å²) in [4.78, 5) is 20.6. The van der Waals surface area contributed by atoms with Crippen molar-refractivity contribution >= 4 is 17.5 Å². The Hall–Kier alpha value is -2.78. The van der Waals surface area contributed by atoms with Crippen molar-refractivity contribution < 1.29 is 9.66 Å². The number of ether oxygens (including phenoxy) is 1. The lowest BCUT2D eigenvalue weighted by Crippen LogP contribution is -2.49. The molecule has 0 aliphatic carbocycles. The Morgan fingerprint density at radius 2 is 2.22 bits per heavy atom. The largest absolute Gasteiger partial charge is 0.378 e. The number of nitrogens with two attached hydrogens (primary N) is 1. The van der Waals surface area contributed by atoms with Gasteiger partial charge in [-0.15, -0.1) is 0 Å². The Kier molecular flexibility index (Phi) is 6.15. The number of hydrogen-bond donors (Lipinski definition) is 2. The van der Waals surface area contributed by atoms with E-state index in [4.69, 9.17) is 10.5 Å². The van der Waals surface area contributed by atoms with Crippen molar-refractivity contribution in [3.63, 3.8) is 0 Å². The summed E-state index contributed by atoms with van der Waals surface area (Å²) in [6.07, 6.45) is 1.89. The zero-order valence-corrected chi connectivity index (χ0v) is 15.2. The first kappa shape index (κ1) is 19.0. The second kappa shape index (κ2) is 8.74. The van der Waals surface area contributed by atoms with E-state index in [1.807, 2.05) is 25.1 Å². The van der Waals surface area contributed by atoms with Crippen molar-refractivity contribution in [2.45, 2.75) is 32.0 Å². The Bertz CT molecular complexity index is 773. The summed E-state index contributed by atoms with van der Waals surface area (Å²) >= 11 is 0. The van der Waals surface area contributed by atoms with Gasteiger partial charge in [0.2, 0.25) is 11.8 Å². The molecule has 1 aromatic heterocycles. The number of rotatable bonds is 7. The number of nitrogens with zero attached hydrogens (tertiary/aromatic N) is 4. The van der Waals surface area contributed by atoms with Crippen LogP contribution in [0, 0.1) is 10.1 Å². The quantitative estimate of drug-likeness (QED) is 0.560. The van der Waals surface area contributed by atoms with Crippen LogP contribution >= 0.6 is 0 Å². The molecule has 9 nitrogen and oxygen atoms in total.